The average molecular weight is 386 g/mol. The Bertz CT molecular complexity index is 976. The Morgan fingerprint density at radius 2 is 1.86 bits per heavy atom. The number of carbonyl (C=O) groups excluding carboxylic acids is 2. The first kappa shape index (κ1) is 19.2. The lowest BCUT2D eigenvalue weighted by Gasteiger charge is -2.04. The first-order valence-electron chi connectivity index (χ1n) is 8.41. The zero-order valence-corrected chi connectivity index (χ0v) is 14.6. The number of hydrogen-bond acceptors (Lipinski definition) is 5. The molecule has 0 aliphatic carbocycles. The standard InChI is InChI=1S/C19H16F2N4O3/c20-13-6-7-15(14(21)10-13)23-17(26)11-16-24-19(28-25-16)18(27)22-9-8-12-4-2-1-3-5-12/h1-7,10H,8-9,11H2,(H,22,27)(H,23,26). The molecule has 0 saturated heterocycles. The van der Waals surface area contributed by atoms with E-state index in [4.69, 9.17) is 4.52 Å². The summed E-state index contributed by atoms with van der Waals surface area (Å²) in [7, 11) is 0. The maximum atomic E-state index is 13.5. The lowest BCUT2D eigenvalue weighted by Crippen LogP contribution is -2.26. The van der Waals surface area contributed by atoms with Crippen LogP contribution in [0.3, 0.4) is 0 Å². The number of anilines is 1. The summed E-state index contributed by atoms with van der Waals surface area (Å²) in [5, 5.41) is 8.48. The molecule has 0 saturated carbocycles. The topological polar surface area (TPSA) is 97.1 Å². The minimum absolute atomic E-state index is 0.0340. The van der Waals surface area contributed by atoms with Gasteiger partial charge >= 0.3 is 11.8 Å². The Kier molecular flexibility index (Phi) is 6.05. The molecule has 1 heterocycles. The summed E-state index contributed by atoms with van der Waals surface area (Å²) in [6.07, 6.45) is 0.302. The smallest absolute Gasteiger partial charge is 0.315 e. The third-order valence-electron chi connectivity index (χ3n) is 3.73. The normalized spacial score (nSPS) is 10.5. The number of carbonyl (C=O) groups is 2. The third kappa shape index (κ3) is 5.19. The van der Waals surface area contributed by atoms with Crippen LogP contribution in [0, 0.1) is 11.6 Å². The van der Waals surface area contributed by atoms with Gasteiger partial charge in [0.1, 0.15) is 11.6 Å². The van der Waals surface area contributed by atoms with E-state index >= 15 is 0 Å². The van der Waals surface area contributed by atoms with E-state index in [1.165, 1.54) is 0 Å². The molecule has 2 aromatic carbocycles. The Morgan fingerprint density at radius 1 is 1.07 bits per heavy atom. The first-order chi connectivity index (χ1) is 13.5. The predicted octanol–water partition coefficient (Wildman–Crippen LogP) is 2.50. The lowest BCUT2D eigenvalue weighted by atomic mass is 10.1. The number of nitrogens with one attached hydrogen (secondary N) is 2. The molecule has 0 fully saturated rings. The molecule has 0 aliphatic rings. The summed E-state index contributed by atoms with van der Waals surface area (Å²) < 4.78 is 31.3. The van der Waals surface area contributed by atoms with Gasteiger partial charge in [0.25, 0.3) is 0 Å². The van der Waals surface area contributed by atoms with Crippen molar-refractivity contribution in [3.63, 3.8) is 0 Å². The quantitative estimate of drug-likeness (QED) is 0.650. The highest BCUT2D eigenvalue weighted by Crippen LogP contribution is 2.15. The van der Waals surface area contributed by atoms with Gasteiger partial charge in [0.2, 0.25) is 5.91 Å². The lowest BCUT2D eigenvalue weighted by molar-refractivity contribution is -0.115. The van der Waals surface area contributed by atoms with Crippen LogP contribution in [0.15, 0.2) is 53.1 Å². The maximum absolute atomic E-state index is 13.5. The fourth-order valence-corrected chi connectivity index (χ4v) is 2.39. The molecule has 0 radical (unpaired) electrons. The van der Waals surface area contributed by atoms with Crippen molar-refractivity contribution in [2.75, 3.05) is 11.9 Å². The van der Waals surface area contributed by atoms with E-state index in [0.29, 0.717) is 19.0 Å². The molecule has 3 aromatic rings. The molecule has 9 heteroatoms. The van der Waals surface area contributed by atoms with Crippen molar-refractivity contribution in [3.05, 3.63) is 77.4 Å². The SMILES string of the molecule is O=C(Cc1noc(C(=O)NCCc2ccccc2)n1)Nc1ccc(F)cc1F. The van der Waals surface area contributed by atoms with Gasteiger partial charge in [-0.1, -0.05) is 35.5 Å². The van der Waals surface area contributed by atoms with Crippen LogP contribution in [-0.2, 0) is 17.6 Å². The molecule has 1 aromatic heterocycles. The molecule has 0 spiro atoms. The second-order valence-corrected chi connectivity index (χ2v) is 5.86. The van der Waals surface area contributed by atoms with E-state index in [2.05, 4.69) is 20.8 Å². The van der Waals surface area contributed by atoms with E-state index < -0.39 is 23.4 Å². The number of aromatic nitrogens is 2. The van der Waals surface area contributed by atoms with Crippen molar-refractivity contribution >= 4 is 17.5 Å². The van der Waals surface area contributed by atoms with Crippen LogP contribution in [0.4, 0.5) is 14.5 Å². The number of nitrogens with zero attached hydrogens (tertiary/aromatic N) is 2. The summed E-state index contributed by atoms with van der Waals surface area (Å²) in [5.41, 5.74) is 0.896. The molecule has 0 aliphatic heterocycles. The van der Waals surface area contributed by atoms with Crippen molar-refractivity contribution in [1.82, 2.24) is 15.5 Å². The molecule has 0 unspecified atom stereocenters. The number of halogens is 2. The number of benzene rings is 2. The highest BCUT2D eigenvalue weighted by molar-refractivity contribution is 5.92. The van der Waals surface area contributed by atoms with Gasteiger partial charge in [-0.3, -0.25) is 9.59 Å². The molecule has 144 valence electrons. The van der Waals surface area contributed by atoms with Crippen molar-refractivity contribution in [1.29, 1.82) is 0 Å². The summed E-state index contributed by atoms with van der Waals surface area (Å²) in [6, 6.07) is 12.4. The van der Waals surface area contributed by atoms with E-state index in [1.807, 2.05) is 30.3 Å². The molecule has 2 N–H and O–H groups in total. The van der Waals surface area contributed by atoms with Crippen LogP contribution < -0.4 is 10.6 Å². The van der Waals surface area contributed by atoms with Gasteiger partial charge in [-0.2, -0.15) is 4.98 Å². The van der Waals surface area contributed by atoms with Crippen molar-refractivity contribution in [3.8, 4) is 0 Å². The van der Waals surface area contributed by atoms with E-state index in [9.17, 15) is 18.4 Å². The zero-order chi connectivity index (χ0) is 19.9. The highest BCUT2D eigenvalue weighted by atomic mass is 19.1. The van der Waals surface area contributed by atoms with Crippen LogP contribution in [-0.4, -0.2) is 28.5 Å². The van der Waals surface area contributed by atoms with Crippen molar-refractivity contribution in [2.45, 2.75) is 12.8 Å². The van der Waals surface area contributed by atoms with Crippen molar-refractivity contribution in [2.24, 2.45) is 0 Å². The van der Waals surface area contributed by atoms with Crippen LogP contribution in [0.5, 0.6) is 0 Å². The Balaban J connectivity index is 1.50. The number of rotatable bonds is 7. The maximum Gasteiger partial charge on any atom is 0.315 e. The second-order valence-electron chi connectivity index (χ2n) is 5.86. The van der Waals surface area contributed by atoms with Gasteiger partial charge in [0.15, 0.2) is 5.82 Å². The summed E-state index contributed by atoms with van der Waals surface area (Å²) in [5.74, 6) is -3.16. The van der Waals surface area contributed by atoms with Crippen molar-refractivity contribution < 1.29 is 22.9 Å². The Morgan fingerprint density at radius 3 is 2.61 bits per heavy atom. The first-order valence-corrected chi connectivity index (χ1v) is 8.41. The molecule has 28 heavy (non-hydrogen) atoms. The molecule has 7 nitrogen and oxygen atoms in total. The summed E-state index contributed by atoms with van der Waals surface area (Å²) in [4.78, 5) is 27.8. The van der Waals surface area contributed by atoms with E-state index in [-0.39, 0.29) is 23.8 Å². The molecule has 0 atom stereocenters. The summed E-state index contributed by atoms with van der Waals surface area (Å²) in [6.45, 7) is 0.380. The van der Waals surface area contributed by atoms with E-state index in [1.54, 1.807) is 0 Å². The van der Waals surface area contributed by atoms with Crippen LogP contribution in [0.1, 0.15) is 22.1 Å². The molecule has 2 amide bonds. The minimum Gasteiger partial charge on any atom is -0.347 e. The van der Waals surface area contributed by atoms with Crippen LogP contribution in [0.25, 0.3) is 0 Å². The Hall–Kier alpha value is -3.62. The van der Waals surface area contributed by atoms with Gasteiger partial charge in [-0.05, 0) is 24.1 Å². The largest absolute Gasteiger partial charge is 0.347 e. The molecular formula is C19H16F2N4O3. The number of hydrogen-bond donors (Lipinski definition) is 2. The Labute approximate surface area is 158 Å². The molecule has 0 bridgehead atoms. The second kappa shape index (κ2) is 8.85. The molecule has 3 rings (SSSR count). The van der Waals surface area contributed by atoms with Crippen LogP contribution >= 0.6 is 0 Å². The molecular weight excluding hydrogens is 370 g/mol. The fourth-order valence-electron chi connectivity index (χ4n) is 2.39. The van der Waals surface area contributed by atoms with Gasteiger partial charge in [-0.25, -0.2) is 8.78 Å². The average Bonchev–Trinajstić information content (AvgIpc) is 3.13. The minimum atomic E-state index is -0.903. The number of amides is 2. The third-order valence-corrected chi connectivity index (χ3v) is 3.73. The van der Waals surface area contributed by atoms with Gasteiger partial charge < -0.3 is 15.2 Å². The van der Waals surface area contributed by atoms with E-state index in [0.717, 1.165) is 17.7 Å². The van der Waals surface area contributed by atoms with Gasteiger partial charge in [0.05, 0.1) is 12.1 Å². The highest BCUT2D eigenvalue weighted by Gasteiger charge is 2.17. The monoisotopic (exact) mass is 386 g/mol. The van der Waals surface area contributed by atoms with Crippen LogP contribution in [0.2, 0.25) is 0 Å². The predicted molar refractivity (Wildman–Crippen MR) is 95.5 cm³/mol. The van der Waals surface area contributed by atoms with Gasteiger partial charge in [-0.15, -0.1) is 0 Å². The fraction of sp³-hybridized carbons (Fsp3) is 0.158. The zero-order valence-electron chi connectivity index (χ0n) is 14.6. The van der Waals surface area contributed by atoms with Gasteiger partial charge in [0, 0.05) is 12.6 Å². The summed E-state index contributed by atoms with van der Waals surface area (Å²) >= 11 is 0.